The highest BCUT2D eigenvalue weighted by Gasteiger charge is 2.40. The first-order valence-corrected chi connectivity index (χ1v) is 7.67. The quantitative estimate of drug-likeness (QED) is 0.827. The van der Waals surface area contributed by atoms with Gasteiger partial charge in [0.15, 0.2) is 0 Å². The molecule has 0 radical (unpaired) electrons. The minimum atomic E-state index is -0.241. The fourth-order valence-electron chi connectivity index (χ4n) is 3.54. The molecule has 106 valence electrons. The Morgan fingerprint density at radius 2 is 1.90 bits per heavy atom. The van der Waals surface area contributed by atoms with E-state index in [4.69, 9.17) is 4.74 Å². The van der Waals surface area contributed by atoms with Crippen LogP contribution < -0.4 is 0 Å². The molecule has 1 saturated carbocycles. The third-order valence-electron chi connectivity index (χ3n) is 4.73. The molecule has 3 nitrogen and oxygen atoms in total. The van der Waals surface area contributed by atoms with Gasteiger partial charge in [-0.2, -0.15) is 5.26 Å². The van der Waals surface area contributed by atoms with Crippen LogP contribution in [-0.2, 0) is 4.74 Å². The van der Waals surface area contributed by atoms with Gasteiger partial charge in [0.25, 0.3) is 0 Å². The lowest BCUT2D eigenvalue weighted by atomic mass is 9.81. The number of benzene rings is 1. The van der Waals surface area contributed by atoms with E-state index >= 15 is 0 Å². The van der Waals surface area contributed by atoms with E-state index in [1.54, 1.807) is 0 Å². The maximum atomic E-state index is 9.72. The van der Waals surface area contributed by atoms with Gasteiger partial charge in [-0.05, 0) is 18.4 Å². The molecule has 0 bridgehead atoms. The van der Waals surface area contributed by atoms with E-state index in [1.165, 1.54) is 24.8 Å². The molecule has 0 N–H and O–H groups in total. The summed E-state index contributed by atoms with van der Waals surface area (Å²) in [5.41, 5.74) is 0.982. The van der Waals surface area contributed by atoms with Gasteiger partial charge in [0, 0.05) is 13.1 Å². The third-order valence-corrected chi connectivity index (χ3v) is 4.73. The Bertz CT molecular complexity index is 474. The van der Waals surface area contributed by atoms with Gasteiger partial charge >= 0.3 is 0 Å². The molecule has 1 aliphatic heterocycles. The van der Waals surface area contributed by atoms with Gasteiger partial charge in [-0.15, -0.1) is 0 Å². The topological polar surface area (TPSA) is 36.3 Å². The van der Waals surface area contributed by atoms with Crippen molar-refractivity contribution in [2.24, 2.45) is 0 Å². The highest BCUT2D eigenvalue weighted by molar-refractivity contribution is 5.19. The number of morpholine rings is 1. The molecule has 20 heavy (non-hydrogen) atoms. The van der Waals surface area contributed by atoms with Gasteiger partial charge < -0.3 is 4.74 Å². The first kappa shape index (κ1) is 13.6. The van der Waals surface area contributed by atoms with Crippen LogP contribution in [0.2, 0.25) is 0 Å². The number of nitrogens with zero attached hydrogens (tertiary/aromatic N) is 2. The predicted molar refractivity (Wildman–Crippen MR) is 78.1 cm³/mol. The summed E-state index contributed by atoms with van der Waals surface area (Å²) in [6.07, 6.45) is 5.78. The van der Waals surface area contributed by atoms with E-state index in [1.807, 2.05) is 6.07 Å². The standard InChI is InChI=1S/C17H22N2O/c18-14-17(9-5-2-6-10-17)19-11-12-20-16(13-19)15-7-3-1-4-8-15/h1,3-4,7-8,16H,2,5-6,9-13H2/t16-/m0/s1. The van der Waals surface area contributed by atoms with Gasteiger partial charge in [-0.1, -0.05) is 49.6 Å². The lowest BCUT2D eigenvalue weighted by molar-refractivity contribution is -0.0661. The normalized spacial score (nSPS) is 26.9. The number of nitriles is 1. The first-order chi connectivity index (χ1) is 9.84. The van der Waals surface area contributed by atoms with Crippen molar-refractivity contribution in [3.8, 4) is 6.07 Å². The molecule has 1 aliphatic carbocycles. The van der Waals surface area contributed by atoms with E-state index in [2.05, 4.69) is 35.2 Å². The zero-order chi connectivity index (χ0) is 13.8. The van der Waals surface area contributed by atoms with Gasteiger partial charge in [0.2, 0.25) is 0 Å². The summed E-state index contributed by atoms with van der Waals surface area (Å²) in [4.78, 5) is 2.38. The van der Waals surface area contributed by atoms with Gasteiger partial charge in [0.05, 0.1) is 18.8 Å². The molecular formula is C17H22N2O. The molecule has 2 fully saturated rings. The molecule has 1 aromatic carbocycles. The predicted octanol–water partition coefficient (Wildman–Crippen LogP) is 3.29. The minimum Gasteiger partial charge on any atom is -0.371 e. The van der Waals surface area contributed by atoms with Crippen molar-refractivity contribution >= 4 is 0 Å². The SMILES string of the molecule is N#CC1(N2CCO[C@H](c3ccccc3)C2)CCCCC1. The van der Waals surface area contributed by atoms with Crippen LogP contribution in [0.1, 0.15) is 43.8 Å². The summed E-state index contributed by atoms with van der Waals surface area (Å²) in [6, 6.07) is 13.0. The average Bonchev–Trinajstić information content (AvgIpc) is 2.56. The van der Waals surface area contributed by atoms with Crippen molar-refractivity contribution in [3.05, 3.63) is 35.9 Å². The van der Waals surface area contributed by atoms with Crippen LogP contribution in [0.4, 0.5) is 0 Å². The van der Waals surface area contributed by atoms with Crippen LogP contribution in [0.25, 0.3) is 0 Å². The Hall–Kier alpha value is -1.37. The van der Waals surface area contributed by atoms with Crippen molar-refractivity contribution in [3.63, 3.8) is 0 Å². The van der Waals surface area contributed by atoms with Crippen molar-refractivity contribution in [1.82, 2.24) is 4.90 Å². The lowest BCUT2D eigenvalue weighted by Gasteiger charge is -2.45. The van der Waals surface area contributed by atoms with Gasteiger partial charge in [-0.3, -0.25) is 4.90 Å². The van der Waals surface area contributed by atoms with E-state index in [9.17, 15) is 5.26 Å². The summed E-state index contributed by atoms with van der Waals surface area (Å²) in [5.74, 6) is 0. The summed E-state index contributed by atoms with van der Waals surface area (Å²) in [5, 5.41) is 9.72. The maximum absolute atomic E-state index is 9.72. The number of rotatable bonds is 2. The summed E-state index contributed by atoms with van der Waals surface area (Å²) in [6.45, 7) is 2.46. The molecule has 1 atom stereocenters. The Morgan fingerprint density at radius 3 is 2.60 bits per heavy atom. The Balaban J connectivity index is 1.76. The molecule has 0 unspecified atom stereocenters. The molecule has 0 amide bonds. The summed E-state index contributed by atoms with van der Waals surface area (Å²) in [7, 11) is 0. The van der Waals surface area contributed by atoms with Crippen molar-refractivity contribution in [2.45, 2.75) is 43.7 Å². The zero-order valence-electron chi connectivity index (χ0n) is 11.9. The second-order valence-electron chi connectivity index (χ2n) is 5.92. The number of ether oxygens (including phenoxy) is 1. The second kappa shape index (κ2) is 5.95. The van der Waals surface area contributed by atoms with Crippen LogP contribution in [0.3, 0.4) is 0 Å². The van der Waals surface area contributed by atoms with Crippen LogP contribution in [0.5, 0.6) is 0 Å². The van der Waals surface area contributed by atoms with Crippen LogP contribution >= 0.6 is 0 Å². The van der Waals surface area contributed by atoms with E-state index in [0.717, 1.165) is 32.5 Å². The van der Waals surface area contributed by atoms with Gasteiger partial charge in [-0.25, -0.2) is 0 Å². The van der Waals surface area contributed by atoms with Gasteiger partial charge in [0.1, 0.15) is 5.54 Å². The maximum Gasteiger partial charge on any atom is 0.109 e. The molecule has 3 heteroatoms. The molecule has 1 saturated heterocycles. The third kappa shape index (κ3) is 2.59. The fourth-order valence-corrected chi connectivity index (χ4v) is 3.54. The van der Waals surface area contributed by atoms with Crippen LogP contribution in [-0.4, -0.2) is 30.1 Å². The highest BCUT2D eigenvalue weighted by atomic mass is 16.5. The molecule has 0 spiro atoms. The minimum absolute atomic E-state index is 0.108. The largest absolute Gasteiger partial charge is 0.371 e. The van der Waals surface area contributed by atoms with Crippen molar-refractivity contribution < 1.29 is 4.74 Å². The molecule has 1 heterocycles. The molecule has 0 aromatic heterocycles. The molecule has 3 rings (SSSR count). The lowest BCUT2D eigenvalue weighted by Crippen LogP contribution is -2.54. The fraction of sp³-hybridized carbons (Fsp3) is 0.588. The monoisotopic (exact) mass is 270 g/mol. The molecular weight excluding hydrogens is 248 g/mol. The Morgan fingerprint density at radius 1 is 1.15 bits per heavy atom. The summed E-state index contributed by atoms with van der Waals surface area (Å²) < 4.78 is 5.92. The summed E-state index contributed by atoms with van der Waals surface area (Å²) >= 11 is 0. The van der Waals surface area contributed by atoms with Crippen molar-refractivity contribution in [1.29, 1.82) is 5.26 Å². The Labute approximate surface area is 121 Å². The zero-order valence-corrected chi connectivity index (χ0v) is 11.9. The number of hydrogen-bond donors (Lipinski definition) is 0. The van der Waals surface area contributed by atoms with E-state index in [0.29, 0.717) is 0 Å². The highest BCUT2D eigenvalue weighted by Crippen LogP contribution is 2.36. The van der Waals surface area contributed by atoms with Crippen LogP contribution in [0, 0.1) is 11.3 Å². The second-order valence-corrected chi connectivity index (χ2v) is 5.92. The number of hydrogen-bond acceptors (Lipinski definition) is 3. The average molecular weight is 270 g/mol. The Kier molecular flexibility index (Phi) is 4.05. The molecule has 1 aromatic rings. The smallest absolute Gasteiger partial charge is 0.109 e. The van der Waals surface area contributed by atoms with E-state index in [-0.39, 0.29) is 11.6 Å². The van der Waals surface area contributed by atoms with Crippen molar-refractivity contribution in [2.75, 3.05) is 19.7 Å². The first-order valence-electron chi connectivity index (χ1n) is 7.67. The van der Waals surface area contributed by atoms with E-state index < -0.39 is 0 Å². The van der Waals surface area contributed by atoms with Crippen LogP contribution in [0.15, 0.2) is 30.3 Å². The molecule has 2 aliphatic rings.